The lowest BCUT2D eigenvalue weighted by Crippen LogP contribution is -2.30. The van der Waals surface area contributed by atoms with Gasteiger partial charge in [-0.15, -0.1) is 0 Å². The number of amides is 2. The summed E-state index contributed by atoms with van der Waals surface area (Å²) in [6.45, 7) is -0.185. The summed E-state index contributed by atoms with van der Waals surface area (Å²) in [6.07, 6.45) is 3.33. The summed E-state index contributed by atoms with van der Waals surface area (Å²) in [6, 6.07) is 14.0. The molecule has 4 rings (SSSR count). The first-order chi connectivity index (χ1) is 13.1. The van der Waals surface area contributed by atoms with E-state index in [4.69, 9.17) is 0 Å². The maximum atomic E-state index is 12.5. The van der Waals surface area contributed by atoms with Crippen LogP contribution in [0.2, 0.25) is 0 Å². The Hall–Kier alpha value is -3.48. The molecule has 2 amide bonds. The van der Waals surface area contributed by atoms with E-state index in [1.54, 1.807) is 48.5 Å². The highest BCUT2D eigenvalue weighted by atomic mass is 16.2. The van der Waals surface area contributed by atoms with Crippen molar-refractivity contribution >= 4 is 28.4 Å². The minimum absolute atomic E-state index is 0.185. The number of hydrogen-bond acceptors (Lipinski definition) is 4. The maximum absolute atomic E-state index is 12.5. The van der Waals surface area contributed by atoms with Gasteiger partial charge in [-0.25, -0.2) is 4.98 Å². The molecule has 0 bridgehead atoms. The van der Waals surface area contributed by atoms with E-state index in [1.807, 2.05) is 0 Å². The van der Waals surface area contributed by atoms with Crippen molar-refractivity contribution in [2.24, 2.45) is 0 Å². The SMILES string of the molecule is O=C(Cn1cnc2ccccc2c1=O)Nc1ccccc1C(=O)NC1CC1. The number of benzene rings is 2. The van der Waals surface area contributed by atoms with Crippen LogP contribution in [-0.2, 0) is 11.3 Å². The number of rotatable bonds is 5. The number of nitrogens with one attached hydrogen (secondary N) is 2. The Kier molecular flexibility index (Phi) is 4.42. The number of para-hydroxylation sites is 2. The van der Waals surface area contributed by atoms with Crippen molar-refractivity contribution in [1.29, 1.82) is 0 Å². The monoisotopic (exact) mass is 362 g/mol. The Morgan fingerprint density at radius 3 is 2.63 bits per heavy atom. The van der Waals surface area contributed by atoms with Gasteiger partial charge in [0.15, 0.2) is 0 Å². The van der Waals surface area contributed by atoms with E-state index < -0.39 is 5.91 Å². The van der Waals surface area contributed by atoms with E-state index in [0.717, 1.165) is 12.8 Å². The van der Waals surface area contributed by atoms with Crippen molar-refractivity contribution in [2.45, 2.75) is 25.4 Å². The Bertz CT molecular complexity index is 1090. The normalized spacial score (nSPS) is 13.3. The minimum atomic E-state index is -0.402. The van der Waals surface area contributed by atoms with Crippen LogP contribution in [0, 0.1) is 0 Å². The van der Waals surface area contributed by atoms with Crippen molar-refractivity contribution in [2.75, 3.05) is 5.32 Å². The number of anilines is 1. The highest BCUT2D eigenvalue weighted by Crippen LogP contribution is 2.21. The zero-order valence-corrected chi connectivity index (χ0v) is 14.5. The second kappa shape index (κ2) is 7.03. The molecule has 1 aliphatic rings. The van der Waals surface area contributed by atoms with Crippen molar-refractivity contribution in [3.63, 3.8) is 0 Å². The predicted octanol–water partition coefficient (Wildman–Crippen LogP) is 1.93. The van der Waals surface area contributed by atoms with Crippen molar-refractivity contribution in [3.05, 3.63) is 70.8 Å². The van der Waals surface area contributed by atoms with Crippen LogP contribution >= 0.6 is 0 Å². The standard InChI is InChI=1S/C20H18N4O3/c25-18(11-24-12-21-16-7-3-2-6-15(16)20(24)27)23-17-8-4-1-5-14(17)19(26)22-13-9-10-13/h1-8,12-13H,9-11H2,(H,22,26)(H,23,25). The topological polar surface area (TPSA) is 93.1 Å². The number of nitrogens with zero attached hydrogens (tertiary/aromatic N) is 2. The van der Waals surface area contributed by atoms with Crippen LogP contribution in [0.25, 0.3) is 10.9 Å². The summed E-state index contributed by atoms with van der Waals surface area (Å²) in [7, 11) is 0. The van der Waals surface area contributed by atoms with Crippen LogP contribution < -0.4 is 16.2 Å². The van der Waals surface area contributed by atoms with E-state index in [1.165, 1.54) is 10.9 Å². The van der Waals surface area contributed by atoms with Gasteiger partial charge in [-0.05, 0) is 37.1 Å². The number of carbonyl (C=O) groups excluding carboxylic acids is 2. The molecule has 0 saturated heterocycles. The van der Waals surface area contributed by atoms with Crippen LogP contribution in [0.15, 0.2) is 59.7 Å². The summed E-state index contributed by atoms with van der Waals surface area (Å²) in [4.78, 5) is 41.5. The molecule has 2 aromatic carbocycles. The molecule has 7 heteroatoms. The first-order valence-corrected chi connectivity index (χ1v) is 8.76. The fourth-order valence-corrected chi connectivity index (χ4v) is 2.84. The number of aromatic nitrogens is 2. The van der Waals surface area contributed by atoms with Crippen molar-refractivity contribution in [1.82, 2.24) is 14.9 Å². The molecule has 7 nitrogen and oxygen atoms in total. The Morgan fingerprint density at radius 2 is 1.81 bits per heavy atom. The number of hydrogen-bond donors (Lipinski definition) is 2. The highest BCUT2D eigenvalue weighted by molar-refractivity contribution is 6.03. The Balaban J connectivity index is 1.53. The fraction of sp³-hybridized carbons (Fsp3) is 0.200. The molecule has 0 radical (unpaired) electrons. The largest absolute Gasteiger partial charge is 0.349 e. The van der Waals surface area contributed by atoms with Crippen molar-refractivity contribution in [3.8, 4) is 0 Å². The first-order valence-electron chi connectivity index (χ1n) is 8.76. The average Bonchev–Trinajstić information content (AvgIpc) is 3.48. The molecular weight excluding hydrogens is 344 g/mol. The Morgan fingerprint density at radius 1 is 1.07 bits per heavy atom. The van der Waals surface area contributed by atoms with E-state index >= 15 is 0 Å². The van der Waals surface area contributed by atoms with E-state index in [9.17, 15) is 14.4 Å². The molecule has 136 valence electrons. The molecule has 1 heterocycles. The lowest BCUT2D eigenvalue weighted by molar-refractivity contribution is -0.116. The van der Waals surface area contributed by atoms with Gasteiger partial charge in [0.2, 0.25) is 5.91 Å². The van der Waals surface area contributed by atoms with E-state index in [0.29, 0.717) is 22.2 Å². The van der Waals surface area contributed by atoms with Gasteiger partial charge in [0.1, 0.15) is 6.54 Å². The molecule has 0 unspecified atom stereocenters. The molecule has 27 heavy (non-hydrogen) atoms. The van der Waals surface area contributed by atoms with E-state index in [2.05, 4.69) is 15.6 Å². The molecule has 0 spiro atoms. The van der Waals surface area contributed by atoms with E-state index in [-0.39, 0.29) is 24.1 Å². The molecule has 2 N–H and O–H groups in total. The lowest BCUT2D eigenvalue weighted by atomic mass is 10.1. The van der Waals surface area contributed by atoms with Crippen molar-refractivity contribution < 1.29 is 9.59 Å². The molecular formula is C20H18N4O3. The average molecular weight is 362 g/mol. The molecule has 1 saturated carbocycles. The molecule has 1 aromatic heterocycles. The van der Waals surface area contributed by atoms with Crippen LogP contribution in [0.3, 0.4) is 0 Å². The first kappa shape index (κ1) is 17.0. The second-order valence-electron chi connectivity index (χ2n) is 6.54. The summed E-state index contributed by atoms with van der Waals surface area (Å²) in [5.41, 5.74) is 1.13. The minimum Gasteiger partial charge on any atom is -0.349 e. The third-order valence-corrected chi connectivity index (χ3v) is 4.40. The third kappa shape index (κ3) is 3.72. The van der Waals surface area contributed by atoms with Gasteiger partial charge >= 0.3 is 0 Å². The smallest absolute Gasteiger partial charge is 0.261 e. The maximum Gasteiger partial charge on any atom is 0.261 e. The zero-order valence-electron chi connectivity index (χ0n) is 14.5. The summed E-state index contributed by atoms with van der Waals surface area (Å²) >= 11 is 0. The van der Waals surface area contributed by atoms with Crippen LogP contribution in [0.1, 0.15) is 23.2 Å². The molecule has 1 aliphatic carbocycles. The van der Waals surface area contributed by atoms with Crippen LogP contribution in [0.4, 0.5) is 5.69 Å². The fourth-order valence-electron chi connectivity index (χ4n) is 2.84. The molecule has 0 aliphatic heterocycles. The number of fused-ring (bicyclic) bond motifs is 1. The molecule has 0 atom stereocenters. The number of carbonyl (C=O) groups is 2. The highest BCUT2D eigenvalue weighted by Gasteiger charge is 2.25. The molecule has 1 fully saturated rings. The second-order valence-corrected chi connectivity index (χ2v) is 6.54. The quantitative estimate of drug-likeness (QED) is 0.725. The predicted molar refractivity (Wildman–Crippen MR) is 102 cm³/mol. The van der Waals surface area contributed by atoms with Crippen LogP contribution in [-0.4, -0.2) is 27.4 Å². The summed E-state index contributed by atoms with van der Waals surface area (Å²) < 4.78 is 1.25. The third-order valence-electron chi connectivity index (χ3n) is 4.40. The van der Waals surface area contributed by atoms with Gasteiger partial charge in [-0.1, -0.05) is 24.3 Å². The molecule has 3 aromatic rings. The summed E-state index contributed by atoms with van der Waals surface area (Å²) in [5.74, 6) is -0.612. The van der Waals surface area contributed by atoms with Gasteiger partial charge in [0.25, 0.3) is 11.5 Å². The Labute approximate surface area is 155 Å². The van der Waals surface area contributed by atoms with Crippen LogP contribution in [0.5, 0.6) is 0 Å². The summed E-state index contributed by atoms with van der Waals surface area (Å²) in [5, 5.41) is 6.08. The van der Waals surface area contributed by atoms with Gasteiger partial charge in [-0.3, -0.25) is 19.0 Å². The lowest BCUT2D eigenvalue weighted by Gasteiger charge is -2.12. The van der Waals surface area contributed by atoms with Gasteiger partial charge in [0.05, 0.1) is 28.5 Å². The zero-order chi connectivity index (χ0) is 18.8. The van der Waals surface area contributed by atoms with Gasteiger partial charge in [-0.2, -0.15) is 0 Å². The van der Waals surface area contributed by atoms with Gasteiger partial charge < -0.3 is 10.6 Å². The van der Waals surface area contributed by atoms with Gasteiger partial charge in [0, 0.05) is 6.04 Å².